The molecule has 0 radical (unpaired) electrons. The molecule has 1 heterocycles. The van der Waals surface area contributed by atoms with E-state index in [-0.39, 0.29) is 11.9 Å². The maximum absolute atomic E-state index is 12.5. The molecule has 1 aromatic carbocycles. The standard InChI is InChI=1S/C31H47NO5/c1-20(2)27-26(32-28(36-27)25-14-13-21(3)22(4)15-25)19-34-17-23-11-10-12-24(16-23)18-35-31(8,9)29(33)37-30(5,6)7/h13-15,20,23-24H,10-12,16-19H2,1-9H3/t23-,24?/m0/s1. The molecule has 2 aromatic rings. The molecule has 206 valence electrons. The van der Waals surface area contributed by atoms with E-state index in [9.17, 15) is 4.79 Å². The van der Waals surface area contributed by atoms with E-state index >= 15 is 0 Å². The summed E-state index contributed by atoms with van der Waals surface area (Å²) in [5.41, 5.74) is 2.89. The van der Waals surface area contributed by atoms with E-state index in [1.807, 2.05) is 20.8 Å². The van der Waals surface area contributed by atoms with Gasteiger partial charge in [-0.05, 0) is 103 Å². The van der Waals surface area contributed by atoms with Gasteiger partial charge in [-0.2, -0.15) is 0 Å². The molecule has 1 aliphatic rings. The van der Waals surface area contributed by atoms with Crippen LogP contribution in [0.4, 0.5) is 0 Å². The van der Waals surface area contributed by atoms with Crippen molar-refractivity contribution in [3.63, 3.8) is 0 Å². The number of aromatic nitrogens is 1. The van der Waals surface area contributed by atoms with Crippen molar-refractivity contribution in [3.05, 3.63) is 40.8 Å². The third-order valence-electron chi connectivity index (χ3n) is 7.06. The number of hydrogen-bond acceptors (Lipinski definition) is 6. The summed E-state index contributed by atoms with van der Waals surface area (Å²) in [5, 5.41) is 0. The van der Waals surface area contributed by atoms with Gasteiger partial charge in [0.1, 0.15) is 17.1 Å². The van der Waals surface area contributed by atoms with Gasteiger partial charge < -0.3 is 18.6 Å². The highest BCUT2D eigenvalue weighted by Gasteiger charge is 2.35. The lowest BCUT2D eigenvalue weighted by atomic mass is 9.82. The first-order valence-corrected chi connectivity index (χ1v) is 13.8. The van der Waals surface area contributed by atoms with E-state index in [0.717, 1.165) is 42.7 Å². The lowest BCUT2D eigenvalue weighted by Crippen LogP contribution is -2.42. The Bertz CT molecular complexity index is 1050. The number of nitrogens with zero attached hydrogens (tertiary/aromatic N) is 1. The number of ether oxygens (including phenoxy) is 3. The molecule has 2 atom stereocenters. The van der Waals surface area contributed by atoms with Crippen molar-refractivity contribution in [1.82, 2.24) is 4.98 Å². The molecule has 1 saturated carbocycles. The second-order valence-corrected chi connectivity index (χ2v) is 12.5. The molecular formula is C31H47NO5. The van der Waals surface area contributed by atoms with Crippen LogP contribution in [0.1, 0.15) is 103 Å². The van der Waals surface area contributed by atoms with Crippen molar-refractivity contribution in [3.8, 4) is 11.5 Å². The van der Waals surface area contributed by atoms with Gasteiger partial charge in [0.25, 0.3) is 0 Å². The van der Waals surface area contributed by atoms with Crippen LogP contribution in [0.25, 0.3) is 11.5 Å². The minimum absolute atomic E-state index is 0.232. The molecule has 0 spiro atoms. The fourth-order valence-electron chi connectivity index (χ4n) is 4.73. The fraction of sp³-hybridized carbons (Fsp3) is 0.677. The van der Waals surface area contributed by atoms with E-state index in [1.165, 1.54) is 11.1 Å². The highest BCUT2D eigenvalue weighted by Crippen LogP contribution is 2.32. The van der Waals surface area contributed by atoms with Gasteiger partial charge >= 0.3 is 5.97 Å². The van der Waals surface area contributed by atoms with Crippen molar-refractivity contribution in [2.75, 3.05) is 13.2 Å². The minimum atomic E-state index is -0.954. The molecule has 6 nitrogen and oxygen atoms in total. The number of carbonyl (C=O) groups is 1. The van der Waals surface area contributed by atoms with Gasteiger partial charge in [-0.1, -0.05) is 26.3 Å². The van der Waals surface area contributed by atoms with E-state index in [1.54, 1.807) is 13.8 Å². The van der Waals surface area contributed by atoms with Crippen LogP contribution in [0.2, 0.25) is 0 Å². The monoisotopic (exact) mass is 513 g/mol. The Balaban J connectivity index is 1.53. The van der Waals surface area contributed by atoms with Crippen molar-refractivity contribution >= 4 is 5.97 Å². The van der Waals surface area contributed by atoms with E-state index in [2.05, 4.69) is 45.9 Å². The van der Waals surface area contributed by atoms with Crippen LogP contribution in [0.3, 0.4) is 0 Å². The number of rotatable bonds is 10. The maximum atomic E-state index is 12.5. The quantitative estimate of drug-likeness (QED) is 0.306. The van der Waals surface area contributed by atoms with Gasteiger partial charge in [-0.15, -0.1) is 0 Å². The number of carbonyl (C=O) groups excluding carboxylic acids is 1. The first kappa shape index (κ1) is 29.4. The predicted octanol–water partition coefficient (Wildman–Crippen LogP) is 7.54. The van der Waals surface area contributed by atoms with E-state index in [4.69, 9.17) is 23.6 Å². The lowest BCUT2D eigenvalue weighted by Gasteiger charge is -2.33. The van der Waals surface area contributed by atoms with Gasteiger partial charge in [-0.3, -0.25) is 0 Å². The third kappa shape index (κ3) is 8.41. The van der Waals surface area contributed by atoms with E-state index < -0.39 is 11.2 Å². The average Bonchev–Trinajstić information content (AvgIpc) is 3.23. The summed E-state index contributed by atoms with van der Waals surface area (Å²) in [5.74, 6) is 2.36. The average molecular weight is 514 g/mol. The summed E-state index contributed by atoms with van der Waals surface area (Å²) in [6, 6.07) is 6.30. The molecule has 0 aliphatic heterocycles. The van der Waals surface area contributed by atoms with Crippen LogP contribution in [0, 0.1) is 25.7 Å². The summed E-state index contributed by atoms with van der Waals surface area (Å²) in [6.45, 7) is 19.4. The molecule has 1 aliphatic carbocycles. The first-order chi connectivity index (χ1) is 17.2. The zero-order valence-corrected chi connectivity index (χ0v) is 24.4. The zero-order valence-electron chi connectivity index (χ0n) is 24.4. The summed E-state index contributed by atoms with van der Waals surface area (Å²) in [7, 11) is 0. The van der Waals surface area contributed by atoms with Crippen molar-refractivity contribution in [1.29, 1.82) is 0 Å². The van der Waals surface area contributed by atoms with Gasteiger partial charge in [0.15, 0.2) is 5.60 Å². The Labute approximate surface area is 223 Å². The number of hydrogen-bond donors (Lipinski definition) is 0. The molecule has 3 rings (SSSR count). The van der Waals surface area contributed by atoms with Crippen molar-refractivity contribution in [2.24, 2.45) is 11.8 Å². The summed E-state index contributed by atoms with van der Waals surface area (Å²) >= 11 is 0. The van der Waals surface area contributed by atoms with Crippen LogP contribution < -0.4 is 0 Å². The Morgan fingerprint density at radius 1 is 1.05 bits per heavy atom. The molecule has 0 N–H and O–H groups in total. The summed E-state index contributed by atoms with van der Waals surface area (Å²) in [6.07, 6.45) is 4.44. The van der Waals surface area contributed by atoms with Gasteiger partial charge in [0.2, 0.25) is 5.89 Å². The molecule has 37 heavy (non-hydrogen) atoms. The molecular weight excluding hydrogens is 466 g/mol. The van der Waals surface area contributed by atoms with Crippen LogP contribution >= 0.6 is 0 Å². The van der Waals surface area contributed by atoms with Crippen molar-refractivity contribution < 1.29 is 23.4 Å². The van der Waals surface area contributed by atoms with Gasteiger partial charge in [0, 0.05) is 18.1 Å². The minimum Gasteiger partial charge on any atom is -0.458 e. The van der Waals surface area contributed by atoms with Crippen LogP contribution in [-0.4, -0.2) is 35.4 Å². The molecule has 0 saturated heterocycles. The Morgan fingerprint density at radius 3 is 2.35 bits per heavy atom. The Kier molecular flexibility index (Phi) is 9.62. The number of esters is 1. The SMILES string of the molecule is Cc1ccc(-c2nc(COC[C@H]3CCCC(COC(C)(C)C(=O)OC(C)(C)C)C3)c(C(C)C)o2)cc1C. The van der Waals surface area contributed by atoms with Crippen LogP contribution in [0.15, 0.2) is 22.6 Å². The molecule has 0 bridgehead atoms. The number of aryl methyl sites for hydroxylation is 2. The zero-order chi connectivity index (χ0) is 27.4. The topological polar surface area (TPSA) is 70.8 Å². The molecule has 0 amide bonds. The summed E-state index contributed by atoms with van der Waals surface area (Å²) in [4.78, 5) is 17.3. The highest BCUT2D eigenvalue weighted by atomic mass is 16.6. The van der Waals surface area contributed by atoms with E-state index in [0.29, 0.717) is 37.5 Å². The molecule has 6 heteroatoms. The maximum Gasteiger partial charge on any atom is 0.338 e. The fourth-order valence-corrected chi connectivity index (χ4v) is 4.73. The third-order valence-corrected chi connectivity index (χ3v) is 7.06. The number of benzene rings is 1. The number of oxazole rings is 1. The molecule has 1 fully saturated rings. The van der Waals surface area contributed by atoms with Gasteiger partial charge in [0.05, 0.1) is 13.2 Å². The second-order valence-electron chi connectivity index (χ2n) is 12.5. The van der Waals surface area contributed by atoms with Crippen LogP contribution in [-0.2, 0) is 25.6 Å². The predicted molar refractivity (Wildman–Crippen MR) is 146 cm³/mol. The van der Waals surface area contributed by atoms with Crippen molar-refractivity contribution in [2.45, 2.75) is 112 Å². The summed E-state index contributed by atoms with van der Waals surface area (Å²) < 4.78 is 24.0. The smallest absolute Gasteiger partial charge is 0.338 e. The second kappa shape index (κ2) is 12.1. The first-order valence-electron chi connectivity index (χ1n) is 13.8. The highest BCUT2D eigenvalue weighted by molar-refractivity contribution is 5.78. The molecule has 1 aromatic heterocycles. The largest absolute Gasteiger partial charge is 0.458 e. The normalized spacial score (nSPS) is 18.9. The lowest BCUT2D eigenvalue weighted by molar-refractivity contribution is -0.181. The van der Waals surface area contributed by atoms with Gasteiger partial charge in [-0.25, -0.2) is 9.78 Å². The Morgan fingerprint density at radius 2 is 1.73 bits per heavy atom. The van der Waals surface area contributed by atoms with Crippen LogP contribution in [0.5, 0.6) is 0 Å². The Hall–Kier alpha value is -2.18. The molecule has 1 unspecified atom stereocenters.